The molecule has 108 valence electrons. The van der Waals surface area contributed by atoms with Crippen LogP contribution >= 0.6 is 0 Å². The van der Waals surface area contributed by atoms with Crippen LogP contribution in [-0.4, -0.2) is 33.5 Å². The van der Waals surface area contributed by atoms with E-state index in [2.05, 4.69) is 12.2 Å². The molecular formula is C15H24FNO2. The van der Waals surface area contributed by atoms with Gasteiger partial charge in [0.15, 0.2) is 0 Å². The van der Waals surface area contributed by atoms with Gasteiger partial charge in [0.05, 0.1) is 25.9 Å². The molecule has 1 N–H and O–H groups in total. The summed E-state index contributed by atoms with van der Waals surface area (Å²) in [6, 6.07) is 5.30. The largest absolute Gasteiger partial charge is 0.382 e. The fraction of sp³-hybridized carbons (Fsp3) is 0.600. The first-order valence-electron chi connectivity index (χ1n) is 6.75. The molecule has 0 radical (unpaired) electrons. The lowest BCUT2D eigenvalue weighted by Gasteiger charge is -2.19. The zero-order valence-corrected chi connectivity index (χ0v) is 12.0. The van der Waals surface area contributed by atoms with E-state index < -0.39 is 0 Å². The maximum absolute atomic E-state index is 13.3. The van der Waals surface area contributed by atoms with Crippen LogP contribution in [0.15, 0.2) is 18.2 Å². The van der Waals surface area contributed by atoms with Gasteiger partial charge in [-0.1, -0.05) is 19.1 Å². The molecular weight excluding hydrogens is 245 g/mol. The average molecular weight is 269 g/mol. The van der Waals surface area contributed by atoms with Crippen molar-refractivity contribution in [1.29, 1.82) is 0 Å². The highest BCUT2D eigenvalue weighted by Crippen LogP contribution is 2.17. The molecule has 0 aliphatic rings. The standard InChI is InChI=1S/C15H24FNO2/c1-4-7-17-15(11-19-9-8-18-3)13-5-6-14(16)12(2)10-13/h5-6,10,15,17H,4,7-9,11H2,1-3H3. The molecule has 1 atom stereocenters. The molecule has 1 unspecified atom stereocenters. The molecule has 1 aromatic rings. The van der Waals surface area contributed by atoms with Crippen molar-refractivity contribution >= 4 is 0 Å². The van der Waals surface area contributed by atoms with Gasteiger partial charge in [0, 0.05) is 7.11 Å². The second kappa shape index (κ2) is 9.02. The van der Waals surface area contributed by atoms with E-state index >= 15 is 0 Å². The molecule has 0 saturated carbocycles. The molecule has 0 saturated heterocycles. The van der Waals surface area contributed by atoms with Gasteiger partial charge in [0.25, 0.3) is 0 Å². The highest BCUT2D eigenvalue weighted by Gasteiger charge is 2.12. The Labute approximate surface area is 115 Å². The van der Waals surface area contributed by atoms with Crippen LogP contribution < -0.4 is 5.32 Å². The zero-order valence-electron chi connectivity index (χ0n) is 12.0. The summed E-state index contributed by atoms with van der Waals surface area (Å²) >= 11 is 0. The summed E-state index contributed by atoms with van der Waals surface area (Å²) in [5.41, 5.74) is 1.72. The summed E-state index contributed by atoms with van der Waals surface area (Å²) < 4.78 is 23.8. The molecule has 1 aromatic carbocycles. The van der Waals surface area contributed by atoms with E-state index in [9.17, 15) is 4.39 Å². The van der Waals surface area contributed by atoms with Crippen LogP contribution in [0.2, 0.25) is 0 Å². The molecule has 0 fully saturated rings. The maximum Gasteiger partial charge on any atom is 0.126 e. The van der Waals surface area contributed by atoms with E-state index in [4.69, 9.17) is 9.47 Å². The zero-order chi connectivity index (χ0) is 14.1. The Balaban J connectivity index is 2.63. The molecule has 0 heterocycles. The fourth-order valence-electron chi connectivity index (χ4n) is 1.82. The Bertz CT molecular complexity index is 371. The Morgan fingerprint density at radius 3 is 2.74 bits per heavy atom. The highest BCUT2D eigenvalue weighted by atomic mass is 19.1. The van der Waals surface area contributed by atoms with Crippen molar-refractivity contribution < 1.29 is 13.9 Å². The van der Waals surface area contributed by atoms with E-state index in [1.54, 1.807) is 14.0 Å². The molecule has 0 aliphatic heterocycles. The fourth-order valence-corrected chi connectivity index (χ4v) is 1.82. The number of halogens is 1. The lowest BCUT2D eigenvalue weighted by Crippen LogP contribution is -2.27. The molecule has 19 heavy (non-hydrogen) atoms. The second-order valence-electron chi connectivity index (χ2n) is 4.58. The van der Waals surface area contributed by atoms with E-state index in [1.807, 2.05) is 12.1 Å². The topological polar surface area (TPSA) is 30.5 Å². The summed E-state index contributed by atoms with van der Waals surface area (Å²) in [6.07, 6.45) is 1.05. The Kier molecular flexibility index (Phi) is 7.63. The van der Waals surface area contributed by atoms with E-state index in [0.29, 0.717) is 25.4 Å². The van der Waals surface area contributed by atoms with Crippen LogP contribution in [0.25, 0.3) is 0 Å². The third-order valence-corrected chi connectivity index (χ3v) is 2.94. The number of nitrogens with one attached hydrogen (secondary N) is 1. The third-order valence-electron chi connectivity index (χ3n) is 2.94. The van der Waals surface area contributed by atoms with Crippen LogP contribution in [0.5, 0.6) is 0 Å². The number of ether oxygens (including phenoxy) is 2. The number of benzene rings is 1. The van der Waals surface area contributed by atoms with E-state index in [-0.39, 0.29) is 11.9 Å². The monoisotopic (exact) mass is 269 g/mol. The van der Waals surface area contributed by atoms with Gasteiger partial charge in [-0.05, 0) is 37.1 Å². The van der Waals surface area contributed by atoms with Crippen molar-refractivity contribution in [3.63, 3.8) is 0 Å². The quantitative estimate of drug-likeness (QED) is 0.699. The summed E-state index contributed by atoms with van der Waals surface area (Å²) in [4.78, 5) is 0. The molecule has 0 aliphatic carbocycles. The summed E-state index contributed by atoms with van der Waals surface area (Å²) in [6.45, 7) is 6.53. The molecule has 0 amide bonds. The number of aryl methyl sites for hydroxylation is 1. The Morgan fingerprint density at radius 1 is 1.32 bits per heavy atom. The van der Waals surface area contributed by atoms with Crippen LogP contribution in [0, 0.1) is 12.7 Å². The summed E-state index contributed by atoms with van der Waals surface area (Å²) in [5.74, 6) is -0.168. The normalized spacial score (nSPS) is 12.6. The summed E-state index contributed by atoms with van der Waals surface area (Å²) in [7, 11) is 1.65. The van der Waals surface area contributed by atoms with Gasteiger partial charge in [-0.15, -0.1) is 0 Å². The smallest absolute Gasteiger partial charge is 0.126 e. The van der Waals surface area contributed by atoms with Gasteiger partial charge in [0.2, 0.25) is 0 Å². The summed E-state index contributed by atoms with van der Waals surface area (Å²) in [5, 5.41) is 3.42. The first-order valence-corrected chi connectivity index (χ1v) is 6.75. The molecule has 0 bridgehead atoms. The van der Waals surface area contributed by atoms with Gasteiger partial charge >= 0.3 is 0 Å². The van der Waals surface area contributed by atoms with Gasteiger partial charge in [-0.2, -0.15) is 0 Å². The van der Waals surface area contributed by atoms with Crippen molar-refractivity contribution in [3.8, 4) is 0 Å². The number of methoxy groups -OCH3 is 1. The predicted molar refractivity (Wildman–Crippen MR) is 74.9 cm³/mol. The van der Waals surface area contributed by atoms with E-state index in [0.717, 1.165) is 18.5 Å². The van der Waals surface area contributed by atoms with Crippen LogP contribution in [0.1, 0.15) is 30.5 Å². The predicted octanol–water partition coefficient (Wildman–Crippen LogP) is 2.84. The van der Waals surface area contributed by atoms with Crippen LogP contribution in [-0.2, 0) is 9.47 Å². The van der Waals surface area contributed by atoms with Crippen molar-refractivity contribution in [2.75, 3.05) is 33.5 Å². The lowest BCUT2D eigenvalue weighted by atomic mass is 10.0. The minimum Gasteiger partial charge on any atom is -0.382 e. The first-order chi connectivity index (χ1) is 9.19. The highest BCUT2D eigenvalue weighted by molar-refractivity contribution is 5.26. The average Bonchev–Trinajstić information content (AvgIpc) is 2.41. The molecule has 1 rings (SSSR count). The molecule has 0 aromatic heterocycles. The minimum atomic E-state index is -0.168. The van der Waals surface area contributed by atoms with Gasteiger partial charge < -0.3 is 14.8 Å². The molecule has 4 heteroatoms. The van der Waals surface area contributed by atoms with Gasteiger partial charge in [0.1, 0.15) is 5.82 Å². The van der Waals surface area contributed by atoms with Crippen molar-refractivity contribution in [2.45, 2.75) is 26.3 Å². The number of hydrogen-bond donors (Lipinski definition) is 1. The lowest BCUT2D eigenvalue weighted by molar-refractivity contribution is 0.0585. The molecule has 3 nitrogen and oxygen atoms in total. The van der Waals surface area contributed by atoms with Crippen LogP contribution in [0.3, 0.4) is 0 Å². The number of hydrogen-bond acceptors (Lipinski definition) is 3. The van der Waals surface area contributed by atoms with Crippen LogP contribution in [0.4, 0.5) is 4.39 Å². The minimum absolute atomic E-state index is 0.0936. The first kappa shape index (κ1) is 16.1. The number of rotatable bonds is 9. The van der Waals surface area contributed by atoms with Gasteiger partial charge in [-0.25, -0.2) is 4.39 Å². The molecule has 0 spiro atoms. The second-order valence-corrected chi connectivity index (χ2v) is 4.58. The van der Waals surface area contributed by atoms with Gasteiger partial charge in [-0.3, -0.25) is 0 Å². The van der Waals surface area contributed by atoms with Crippen molar-refractivity contribution in [2.24, 2.45) is 0 Å². The van der Waals surface area contributed by atoms with Crippen molar-refractivity contribution in [1.82, 2.24) is 5.32 Å². The Hall–Kier alpha value is -0.970. The SMILES string of the molecule is CCCNC(COCCOC)c1ccc(F)c(C)c1. The Morgan fingerprint density at radius 2 is 2.11 bits per heavy atom. The van der Waals surface area contributed by atoms with E-state index in [1.165, 1.54) is 6.07 Å². The maximum atomic E-state index is 13.3. The third kappa shape index (κ3) is 5.68. The van der Waals surface area contributed by atoms with Crippen molar-refractivity contribution in [3.05, 3.63) is 35.1 Å².